The maximum atomic E-state index is 12.5. The quantitative estimate of drug-likeness (QED) is 0.479. The Bertz CT molecular complexity index is 1080. The fraction of sp³-hybridized carbons (Fsp3) is 0.167. The predicted molar refractivity (Wildman–Crippen MR) is 102 cm³/mol. The Morgan fingerprint density at radius 3 is 2.59 bits per heavy atom. The third-order valence-corrected chi connectivity index (χ3v) is 4.89. The van der Waals surface area contributed by atoms with Crippen molar-refractivity contribution >= 4 is 40.1 Å². The number of benzene rings is 1. The average molecular weight is 410 g/mol. The molecule has 1 N–H and O–H groups in total. The van der Waals surface area contributed by atoms with Crippen LogP contribution in [0.25, 0.3) is 0 Å². The fourth-order valence-corrected chi connectivity index (χ4v) is 3.50. The molecule has 146 valence electrons. The molecule has 2 amide bonds. The van der Waals surface area contributed by atoms with Crippen molar-refractivity contribution < 1.29 is 19.1 Å². The average Bonchev–Trinajstić information content (AvgIpc) is 3.27. The lowest BCUT2D eigenvalue weighted by Gasteiger charge is -2.10. The van der Waals surface area contributed by atoms with E-state index in [1.807, 2.05) is 0 Å². The van der Waals surface area contributed by atoms with Gasteiger partial charge in [0, 0.05) is 6.20 Å². The van der Waals surface area contributed by atoms with Gasteiger partial charge in [-0.1, -0.05) is 23.5 Å². The topological polar surface area (TPSA) is 127 Å². The second kappa shape index (κ2) is 7.72. The second-order valence-electron chi connectivity index (χ2n) is 5.87. The third kappa shape index (κ3) is 3.55. The van der Waals surface area contributed by atoms with Crippen LogP contribution in [0.15, 0.2) is 36.8 Å². The predicted octanol–water partition coefficient (Wildman–Crippen LogP) is 2.04. The zero-order valence-corrected chi connectivity index (χ0v) is 16.0. The van der Waals surface area contributed by atoms with Crippen LogP contribution < -0.4 is 5.32 Å². The number of nitrogens with one attached hydrogen (secondary N) is 1. The summed E-state index contributed by atoms with van der Waals surface area (Å²) in [5.74, 6) is -1.07. The largest absolute Gasteiger partial charge is 0.462 e. The van der Waals surface area contributed by atoms with E-state index in [2.05, 4.69) is 25.5 Å². The molecule has 2 aromatic heterocycles. The van der Waals surface area contributed by atoms with E-state index in [1.54, 1.807) is 31.2 Å². The van der Waals surface area contributed by atoms with Crippen molar-refractivity contribution in [3.8, 4) is 0 Å². The molecule has 0 radical (unpaired) electrons. The van der Waals surface area contributed by atoms with E-state index < -0.39 is 5.97 Å². The number of nitrogens with zero attached hydrogens (tertiary/aromatic N) is 5. The minimum atomic E-state index is -0.564. The van der Waals surface area contributed by atoms with Crippen LogP contribution in [0.1, 0.15) is 43.0 Å². The molecule has 1 aliphatic heterocycles. The minimum Gasteiger partial charge on any atom is -0.462 e. The van der Waals surface area contributed by atoms with Crippen LogP contribution in [-0.2, 0) is 11.3 Å². The molecule has 10 nitrogen and oxygen atoms in total. The Hall–Kier alpha value is -3.73. The number of amides is 2. The first-order valence-electron chi connectivity index (χ1n) is 8.60. The molecule has 0 unspecified atom stereocenters. The Labute approximate surface area is 168 Å². The van der Waals surface area contributed by atoms with Gasteiger partial charge < -0.3 is 10.1 Å². The van der Waals surface area contributed by atoms with Crippen molar-refractivity contribution in [3.05, 3.63) is 58.5 Å². The van der Waals surface area contributed by atoms with Crippen LogP contribution in [0, 0.1) is 0 Å². The Kier molecular flexibility index (Phi) is 4.96. The Morgan fingerprint density at radius 2 is 1.90 bits per heavy atom. The van der Waals surface area contributed by atoms with Crippen molar-refractivity contribution in [2.75, 3.05) is 11.9 Å². The molecule has 0 spiro atoms. The van der Waals surface area contributed by atoms with E-state index >= 15 is 0 Å². The number of carbonyl (C=O) groups is 3. The normalized spacial score (nSPS) is 12.8. The monoisotopic (exact) mass is 410 g/mol. The van der Waals surface area contributed by atoms with Crippen molar-refractivity contribution in [2.24, 2.45) is 0 Å². The minimum absolute atomic E-state index is 0.000199. The molecule has 0 aliphatic carbocycles. The molecular weight excluding hydrogens is 396 g/mol. The van der Waals surface area contributed by atoms with E-state index in [0.717, 1.165) is 16.2 Å². The molecule has 0 saturated carbocycles. The van der Waals surface area contributed by atoms with Gasteiger partial charge in [-0.25, -0.2) is 14.8 Å². The van der Waals surface area contributed by atoms with Crippen molar-refractivity contribution in [2.45, 2.75) is 13.5 Å². The standard InChI is InChI=1S/C18H14N6O4S/c1-2-28-17(27)12-7-19-9-20-14(12)21-18-23-22-13(29-18)8-24-15(25)10-5-3-4-6-11(10)16(24)26/h3-7,9H,2,8H2,1H3,(H,19,20,21,23). The van der Waals surface area contributed by atoms with Crippen LogP contribution in [0.4, 0.5) is 10.9 Å². The van der Waals surface area contributed by atoms with Crippen molar-refractivity contribution in [1.82, 2.24) is 25.1 Å². The number of anilines is 2. The van der Waals surface area contributed by atoms with Gasteiger partial charge in [0.05, 0.1) is 24.3 Å². The number of carbonyl (C=O) groups excluding carboxylic acids is 3. The van der Waals surface area contributed by atoms with Gasteiger partial charge in [0.1, 0.15) is 22.7 Å². The van der Waals surface area contributed by atoms with Gasteiger partial charge >= 0.3 is 5.97 Å². The van der Waals surface area contributed by atoms with E-state index in [4.69, 9.17) is 4.74 Å². The Balaban J connectivity index is 1.50. The summed E-state index contributed by atoms with van der Waals surface area (Å²) in [4.78, 5) is 46.0. The molecule has 11 heteroatoms. The highest BCUT2D eigenvalue weighted by Crippen LogP contribution is 2.27. The van der Waals surface area contributed by atoms with Crippen LogP contribution >= 0.6 is 11.3 Å². The summed E-state index contributed by atoms with van der Waals surface area (Å²) in [6.07, 6.45) is 2.62. The number of hydrogen-bond donors (Lipinski definition) is 1. The number of fused-ring (bicyclic) bond motifs is 1. The highest BCUT2D eigenvalue weighted by Gasteiger charge is 2.35. The summed E-state index contributed by atoms with van der Waals surface area (Å²) in [6, 6.07) is 6.66. The fourth-order valence-electron chi connectivity index (χ4n) is 2.77. The summed E-state index contributed by atoms with van der Waals surface area (Å²) in [5.41, 5.74) is 0.910. The molecule has 3 aromatic rings. The van der Waals surface area contributed by atoms with Crippen LogP contribution in [0.3, 0.4) is 0 Å². The molecular formula is C18H14N6O4S. The summed E-state index contributed by atoms with van der Waals surface area (Å²) >= 11 is 1.14. The highest BCUT2D eigenvalue weighted by molar-refractivity contribution is 7.15. The maximum Gasteiger partial charge on any atom is 0.343 e. The number of ether oxygens (including phenoxy) is 1. The number of esters is 1. The molecule has 1 aliphatic rings. The SMILES string of the molecule is CCOC(=O)c1cncnc1Nc1nnc(CN2C(=O)c3ccccc3C2=O)s1. The highest BCUT2D eigenvalue weighted by atomic mass is 32.1. The van der Waals surface area contributed by atoms with Gasteiger partial charge in [0.25, 0.3) is 11.8 Å². The maximum absolute atomic E-state index is 12.5. The summed E-state index contributed by atoms with van der Waals surface area (Å²) < 4.78 is 4.98. The molecule has 0 saturated heterocycles. The van der Waals surface area contributed by atoms with Crippen LogP contribution in [0.5, 0.6) is 0 Å². The lowest BCUT2D eigenvalue weighted by Crippen LogP contribution is -2.29. The molecule has 0 bridgehead atoms. The zero-order valence-electron chi connectivity index (χ0n) is 15.2. The lowest BCUT2D eigenvalue weighted by molar-refractivity contribution is 0.0525. The first-order valence-corrected chi connectivity index (χ1v) is 9.42. The van der Waals surface area contributed by atoms with E-state index in [-0.39, 0.29) is 36.3 Å². The van der Waals surface area contributed by atoms with Crippen molar-refractivity contribution in [1.29, 1.82) is 0 Å². The number of imide groups is 1. The van der Waals surface area contributed by atoms with Gasteiger partial charge in [0.2, 0.25) is 5.13 Å². The van der Waals surface area contributed by atoms with Crippen LogP contribution in [-0.4, -0.2) is 49.5 Å². The van der Waals surface area contributed by atoms with Crippen LogP contribution in [0.2, 0.25) is 0 Å². The lowest BCUT2D eigenvalue weighted by atomic mass is 10.1. The first kappa shape index (κ1) is 18.6. The van der Waals surface area contributed by atoms with E-state index in [0.29, 0.717) is 21.3 Å². The van der Waals surface area contributed by atoms with Gasteiger partial charge in [-0.15, -0.1) is 10.2 Å². The zero-order chi connectivity index (χ0) is 20.4. The van der Waals surface area contributed by atoms with Gasteiger partial charge in [0.15, 0.2) is 0 Å². The van der Waals surface area contributed by atoms with Gasteiger partial charge in [-0.05, 0) is 19.1 Å². The molecule has 0 fully saturated rings. The summed E-state index contributed by atoms with van der Waals surface area (Å²) in [7, 11) is 0. The number of rotatable bonds is 6. The molecule has 29 heavy (non-hydrogen) atoms. The first-order chi connectivity index (χ1) is 14.1. The Morgan fingerprint density at radius 1 is 1.17 bits per heavy atom. The smallest absolute Gasteiger partial charge is 0.343 e. The van der Waals surface area contributed by atoms with Crippen molar-refractivity contribution in [3.63, 3.8) is 0 Å². The van der Waals surface area contributed by atoms with Gasteiger partial charge in [-0.3, -0.25) is 14.5 Å². The summed E-state index contributed by atoms with van der Waals surface area (Å²) in [6.45, 7) is 1.92. The molecule has 0 atom stereocenters. The molecule has 4 rings (SSSR count). The molecule has 1 aromatic carbocycles. The summed E-state index contributed by atoms with van der Waals surface area (Å²) in [5, 5.41) is 11.7. The number of aromatic nitrogens is 4. The second-order valence-corrected chi connectivity index (χ2v) is 6.94. The third-order valence-electron chi connectivity index (χ3n) is 4.07. The number of hydrogen-bond acceptors (Lipinski definition) is 10. The van der Waals surface area contributed by atoms with E-state index in [9.17, 15) is 14.4 Å². The molecule has 3 heterocycles. The van der Waals surface area contributed by atoms with E-state index in [1.165, 1.54) is 12.5 Å². The van der Waals surface area contributed by atoms with Gasteiger partial charge in [-0.2, -0.15) is 0 Å².